The zero-order chi connectivity index (χ0) is 15.4. The highest BCUT2D eigenvalue weighted by Gasteiger charge is 2.39. The van der Waals surface area contributed by atoms with E-state index in [0.717, 1.165) is 38.8 Å². The first-order chi connectivity index (χ1) is 10.8. The zero-order valence-electron chi connectivity index (χ0n) is 13.3. The fourth-order valence-electron chi connectivity index (χ4n) is 3.82. The maximum absolute atomic E-state index is 12.3. The van der Waals surface area contributed by atoms with Crippen LogP contribution in [0.1, 0.15) is 31.2 Å². The van der Waals surface area contributed by atoms with Crippen LogP contribution in [0.25, 0.3) is 0 Å². The summed E-state index contributed by atoms with van der Waals surface area (Å²) in [6.45, 7) is 1.57. The van der Waals surface area contributed by atoms with Crippen molar-refractivity contribution in [2.75, 3.05) is 13.7 Å². The lowest BCUT2D eigenvalue weighted by Crippen LogP contribution is -2.54. The van der Waals surface area contributed by atoms with E-state index >= 15 is 0 Å². The number of benzene rings is 1. The fourth-order valence-corrected chi connectivity index (χ4v) is 3.82. The number of hydrogen-bond donors (Lipinski definition) is 2. The molecule has 2 N–H and O–H groups in total. The molecule has 1 aliphatic carbocycles. The molecule has 4 atom stereocenters. The maximum atomic E-state index is 12.3. The summed E-state index contributed by atoms with van der Waals surface area (Å²) in [7, 11) is 1.80. The molecule has 1 aromatic rings. The van der Waals surface area contributed by atoms with E-state index in [1.165, 1.54) is 5.56 Å². The van der Waals surface area contributed by atoms with Crippen molar-refractivity contribution in [3.63, 3.8) is 0 Å². The molecule has 4 heteroatoms. The minimum atomic E-state index is 0.0839. The molecule has 1 saturated heterocycles. The van der Waals surface area contributed by atoms with E-state index in [9.17, 15) is 4.79 Å². The highest BCUT2D eigenvalue weighted by atomic mass is 16.5. The second-order valence-corrected chi connectivity index (χ2v) is 6.60. The summed E-state index contributed by atoms with van der Waals surface area (Å²) >= 11 is 0. The van der Waals surface area contributed by atoms with Crippen LogP contribution >= 0.6 is 0 Å². The van der Waals surface area contributed by atoms with Crippen molar-refractivity contribution in [2.45, 2.75) is 44.4 Å². The van der Waals surface area contributed by atoms with Gasteiger partial charge >= 0.3 is 0 Å². The normalized spacial score (nSPS) is 31.4. The van der Waals surface area contributed by atoms with Crippen LogP contribution in [0.5, 0.6) is 0 Å². The molecular formula is C18H26N2O2. The molecule has 1 amide bonds. The zero-order valence-corrected chi connectivity index (χ0v) is 13.3. The second-order valence-electron chi connectivity index (χ2n) is 6.60. The van der Waals surface area contributed by atoms with Gasteiger partial charge in [0, 0.05) is 26.2 Å². The summed E-state index contributed by atoms with van der Waals surface area (Å²) in [4.78, 5) is 12.3. The molecule has 0 radical (unpaired) electrons. The number of fused-ring (bicyclic) bond motifs is 1. The molecule has 0 bridgehead atoms. The van der Waals surface area contributed by atoms with E-state index < -0.39 is 0 Å². The smallest absolute Gasteiger partial charge is 0.224 e. The quantitative estimate of drug-likeness (QED) is 0.876. The standard InChI is InChI=1S/C18H26N2O2/c1-22-16-7-8-17-14(10-16)9-15(18(21)20-17)12-19-11-13-5-3-2-4-6-13/h2-6,14-17,19H,7-12H2,1H3,(H,20,21). The van der Waals surface area contributed by atoms with Gasteiger partial charge in [0.05, 0.1) is 12.0 Å². The lowest BCUT2D eigenvalue weighted by atomic mass is 9.74. The monoisotopic (exact) mass is 302 g/mol. The van der Waals surface area contributed by atoms with Gasteiger partial charge in [-0.05, 0) is 37.2 Å². The van der Waals surface area contributed by atoms with E-state index in [0.29, 0.717) is 18.1 Å². The Bertz CT molecular complexity index is 491. The Morgan fingerprint density at radius 1 is 1.23 bits per heavy atom. The van der Waals surface area contributed by atoms with Gasteiger partial charge in [0.15, 0.2) is 0 Å². The highest BCUT2D eigenvalue weighted by Crippen LogP contribution is 2.34. The van der Waals surface area contributed by atoms with Crippen LogP contribution in [0.4, 0.5) is 0 Å². The van der Waals surface area contributed by atoms with Crippen LogP contribution in [0.3, 0.4) is 0 Å². The van der Waals surface area contributed by atoms with Gasteiger partial charge in [-0.15, -0.1) is 0 Å². The molecule has 1 aromatic carbocycles. The average molecular weight is 302 g/mol. The fraction of sp³-hybridized carbons (Fsp3) is 0.611. The van der Waals surface area contributed by atoms with Gasteiger partial charge in [-0.2, -0.15) is 0 Å². The molecule has 0 aromatic heterocycles. The third-order valence-corrected chi connectivity index (χ3v) is 5.12. The first-order valence-corrected chi connectivity index (χ1v) is 8.34. The number of rotatable bonds is 5. The van der Waals surface area contributed by atoms with E-state index in [2.05, 4.69) is 22.8 Å². The van der Waals surface area contributed by atoms with Gasteiger partial charge in [-0.1, -0.05) is 30.3 Å². The molecule has 1 aliphatic heterocycles. The first kappa shape index (κ1) is 15.5. The Morgan fingerprint density at radius 2 is 2.05 bits per heavy atom. The Balaban J connectivity index is 1.50. The SMILES string of the molecule is COC1CCC2NC(=O)C(CNCc3ccccc3)CC2C1. The Morgan fingerprint density at radius 3 is 2.82 bits per heavy atom. The Hall–Kier alpha value is -1.39. The van der Waals surface area contributed by atoms with Crippen LogP contribution in [0, 0.1) is 11.8 Å². The first-order valence-electron chi connectivity index (χ1n) is 8.34. The summed E-state index contributed by atoms with van der Waals surface area (Å²) in [5.41, 5.74) is 1.26. The lowest BCUT2D eigenvalue weighted by Gasteiger charge is -2.41. The minimum Gasteiger partial charge on any atom is -0.381 e. The molecular weight excluding hydrogens is 276 g/mol. The van der Waals surface area contributed by atoms with Crippen LogP contribution in [-0.2, 0) is 16.1 Å². The lowest BCUT2D eigenvalue weighted by molar-refractivity contribution is -0.130. The number of nitrogens with one attached hydrogen (secondary N) is 2. The molecule has 0 spiro atoms. The molecule has 4 unspecified atom stereocenters. The van der Waals surface area contributed by atoms with Crippen molar-refractivity contribution in [2.24, 2.45) is 11.8 Å². The predicted molar refractivity (Wildman–Crippen MR) is 86.3 cm³/mol. The molecule has 3 rings (SSSR count). The number of amides is 1. The Kier molecular flexibility index (Phi) is 5.11. The highest BCUT2D eigenvalue weighted by molar-refractivity contribution is 5.80. The van der Waals surface area contributed by atoms with Gasteiger partial charge in [-0.25, -0.2) is 0 Å². The number of carbonyl (C=O) groups excluding carboxylic acids is 1. The van der Waals surface area contributed by atoms with Crippen molar-refractivity contribution >= 4 is 5.91 Å². The van der Waals surface area contributed by atoms with E-state index in [4.69, 9.17) is 4.74 Å². The van der Waals surface area contributed by atoms with Crippen LogP contribution in [0.2, 0.25) is 0 Å². The van der Waals surface area contributed by atoms with E-state index in [-0.39, 0.29) is 11.8 Å². The van der Waals surface area contributed by atoms with Crippen molar-refractivity contribution in [1.82, 2.24) is 10.6 Å². The molecule has 2 aliphatic rings. The third kappa shape index (κ3) is 3.68. The van der Waals surface area contributed by atoms with Crippen molar-refractivity contribution in [3.8, 4) is 0 Å². The second kappa shape index (κ2) is 7.25. The number of hydrogen-bond acceptors (Lipinski definition) is 3. The summed E-state index contributed by atoms with van der Waals surface area (Å²) in [6, 6.07) is 10.7. The topological polar surface area (TPSA) is 50.4 Å². The van der Waals surface area contributed by atoms with Gasteiger partial charge in [0.25, 0.3) is 0 Å². The number of carbonyl (C=O) groups is 1. The molecule has 1 heterocycles. The molecule has 4 nitrogen and oxygen atoms in total. The molecule has 120 valence electrons. The molecule has 22 heavy (non-hydrogen) atoms. The van der Waals surface area contributed by atoms with E-state index in [1.807, 2.05) is 18.2 Å². The van der Waals surface area contributed by atoms with Crippen LogP contribution in [0.15, 0.2) is 30.3 Å². The van der Waals surface area contributed by atoms with Crippen molar-refractivity contribution < 1.29 is 9.53 Å². The molecule has 1 saturated carbocycles. The van der Waals surface area contributed by atoms with Crippen LogP contribution in [-0.4, -0.2) is 31.7 Å². The van der Waals surface area contributed by atoms with Gasteiger partial charge in [0.1, 0.15) is 0 Å². The largest absolute Gasteiger partial charge is 0.381 e. The Labute approximate surface area is 132 Å². The number of ether oxygens (including phenoxy) is 1. The summed E-state index contributed by atoms with van der Waals surface area (Å²) in [6.07, 6.45) is 4.55. The average Bonchev–Trinajstić information content (AvgIpc) is 2.56. The predicted octanol–water partition coefficient (Wildman–Crippen LogP) is 2.10. The number of piperidine rings is 1. The van der Waals surface area contributed by atoms with Crippen LogP contribution < -0.4 is 10.6 Å². The summed E-state index contributed by atoms with van der Waals surface area (Å²) < 4.78 is 5.51. The van der Waals surface area contributed by atoms with Gasteiger partial charge in [0.2, 0.25) is 5.91 Å². The summed E-state index contributed by atoms with van der Waals surface area (Å²) in [5, 5.41) is 6.66. The minimum absolute atomic E-state index is 0.0839. The molecule has 2 fully saturated rings. The maximum Gasteiger partial charge on any atom is 0.224 e. The number of methoxy groups -OCH3 is 1. The van der Waals surface area contributed by atoms with Crippen molar-refractivity contribution in [1.29, 1.82) is 0 Å². The summed E-state index contributed by atoms with van der Waals surface area (Å²) in [5.74, 6) is 0.873. The van der Waals surface area contributed by atoms with Gasteiger partial charge < -0.3 is 15.4 Å². The third-order valence-electron chi connectivity index (χ3n) is 5.12. The van der Waals surface area contributed by atoms with E-state index in [1.54, 1.807) is 7.11 Å². The van der Waals surface area contributed by atoms with Gasteiger partial charge in [-0.3, -0.25) is 4.79 Å². The van der Waals surface area contributed by atoms with Crippen molar-refractivity contribution in [3.05, 3.63) is 35.9 Å².